The number of hydrogen-bond acceptors (Lipinski definition) is 4. The number of likely N-dealkylation sites (tertiary alicyclic amines) is 1. The Morgan fingerprint density at radius 3 is 2.71 bits per heavy atom. The molecule has 1 saturated heterocycles. The van der Waals surface area contributed by atoms with Crippen LogP contribution >= 0.6 is 11.3 Å². The zero-order chi connectivity index (χ0) is 16.5. The van der Waals surface area contributed by atoms with Crippen LogP contribution in [-0.4, -0.2) is 38.7 Å². The zero-order valence-corrected chi connectivity index (χ0v) is 14.4. The summed E-state index contributed by atoms with van der Waals surface area (Å²) >= 11 is 1.54. The van der Waals surface area contributed by atoms with Gasteiger partial charge in [-0.05, 0) is 49.1 Å². The van der Waals surface area contributed by atoms with Crippen molar-refractivity contribution in [3.63, 3.8) is 0 Å². The molecule has 1 aliphatic carbocycles. The summed E-state index contributed by atoms with van der Waals surface area (Å²) in [6.45, 7) is 1.68. The minimum Gasteiger partial charge on any atom is -0.342 e. The van der Waals surface area contributed by atoms with Crippen molar-refractivity contribution >= 4 is 17.2 Å². The van der Waals surface area contributed by atoms with Gasteiger partial charge in [-0.1, -0.05) is 6.42 Å². The highest BCUT2D eigenvalue weighted by atomic mass is 32.1. The average Bonchev–Trinajstić information content (AvgIpc) is 3.16. The molecule has 4 rings (SSSR count). The maximum atomic E-state index is 12.3. The minimum atomic E-state index is -0.176. The number of nitrogens with one attached hydrogen (secondary N) is 1. The van der Waals surface area contributed by atoms with Gasteiger partial charge in [-0.3, -0.25) is 4.79 Å². The highest BCUT2D eigenvalue weighted by Crippen LogP contribution is 2.30. The van der Waals surface area contributed by atoms with Gasteiger partial charge in [-0.15, -0.1) is 11.3 Å². The van der Waals surface area contributed by atoms with Gasteiger partial charge in [0.15, 0.2) is 0 Å². The van der Waals surface area contributed by atoms with Gasteiger partial charge < -0.3 is 4.90 Å². The Kier molecular flexibility index (Phi) is 4.26. The Hall–Kier alpha value is -1.89. The SMILES string of the molecule is O=C(C1CCC1)N1CCC(Cc2n[nH]c(=O)n2-c2cccs2)CC1. The van der Waals surface area contributed by atoms with E-state index < -0.39 is 0 Å². The van der Waals surface area contributed by atoms with Crippen LogP contribution in [0.15, 0.2) is 22.3 Å². The molecule has 3 heterocycles. The molecule has 2 aliphatic rings. The van der Waals surface area contributed by atoms with E-state index in [4.69, 9.17) is 0 Å². The third kappa shape index (κ3) is 2.92. The molecule has 7 heteroatoms. The largest absolute Gasteiger partial charge is 0.348 e. The first kappa shape index (κ1) is 15.6. The predicted octanol–water partition coefficient (Wildman–Crippen LogP) is 2.20. The average molecular weight is 346 g/mol. The molecule has 2 aromatic rings. The van der Waals surface area contributed by atoms with Gasteiger partial charge >= 0.3 is 5.69 Å². The molecule has 0 unspecified atom stereocenters. The topological polar surface area (TPSA) is 71.0 Å². The molecule has 24 heavy (non-hydrogen) atoms. The first-order valence-corrected chi connectivity index (χ1v) is 9.59. The van der Waals surface area contributed by atoms with Gasteiger partial charge in [0.1, 0.15) is 10.8 Å². The summed E-state index contributed by atoms with van der Waals surface area (Å²) < 4.78 is 1.68. The van der Waals surface area contributed by atoms with Crippen molar-refractivity contribution in [2.24, 2.45) is 11.8 Å². The highest BCUT2D eigenvalue weighted by molar-refractivity contribution is 7.12. The maximum absolute atomic E-state index is 12.3. The lowest BCUT2D eigenvalue weighted by Crippen LogP contribution is -2.43. The number of amides is 1. The minimum absolute atomic E-state index is 0.176. The molecule has 0 atom stereocenters. The van der Waals surface area contributed by atoms with Crippen LogP contribution in [0.3, 0.4) is 0 Å². The molecular formula is C17H22N4O2S. The summed E-state index contributed by atoms with van der Waals surface area (Å²) in [6.07, 6.45) is 6.10. The number of aromatic nitrogens is 3. The Balaban J connectivity index is 1.39. The molecular weight excluding hydrogens is 324 g/mol. The molecule has 1 N–H and O–H groups in total. The lowest BCUT2D eigenvalue weighted by Gasteiger charge is -2.36. The van der Waals surface area contributed by atoms with Gasteiger partial charge in [0.05, 0.1) is 0 Å². The summed E-state index contributed by atoms with van der Waals surface area (Å²) in [6, 6.07) is 3.87. The number of piperidine rings is 1. The Bertz CT molecular complexity index is 752. The van der Waals surface area contributed by atoms with E-state index in [-0.39, 0.29) is 11.6 Å². The fraction of sp³-hybridized carbons (Fsp3) is 0.588. The highest BCUT2D eigenvalue weighted by Gasteiger charge is 2.32. The van der Waals surface area contributed by atoms with Gasteiger partial charge in [0.2, 0.25) is 5.91 Å². The summed E-state index contributed by atoms with van der Waals surface area (Å²) in [5.41, 5.74) is -0.176. The fourth-order valence-corrected chi connectivity index (χ4v) is 4.37. The molecule has 0 bridgehead atoms. The number of rotatable bonds is 4. The lowest BCUT2D eigenvalue weighted by atomic mass is 9.83. The number of aromatic amines is 1. The number of nitrogens with zero attached hydrogens (tertiary/aromatic N) is 3. The second kappa shape index (κ2) is 6.55. The second-order valence-corrected chi connectivity index (χ2v) is 7.76. The lowest BCUT2D eigenvalue weighted by molar-refractivity contribution is -0.139. The predicted molar refractivity (Wildman–Crippen MR) is 92.4 cm³/mol. The zero-order valence-electron chi connectivity index (χ0n) is 13.6. The molecule has 2 aromatic heterocycles. The number of H-pyrrole nitrogens is 1. The first-order chi connectivity index (χ1) is 11.7. The molecule has 128 valence electrons. The van der Waals surface area contributed by atoms with Gasteiger partial charge in [-0.2, -0.15) is 5.10 Å². The van der Waals surface area contributed by atoms with Crippen molar-refractivity contribution in [1.29, 1.82) is 0 Å². The van der Waals surface area contributed by atoms with E-state index >= 15 is 0 Å². The Morgan fingerprint density at radius 2 is 2.08 bits per heavy atom. The molecule has 0 spiro atoms. The summed E-state index contributed by atoms with van der Waals surface area (Å²) in [5.74, 6) is 1.92. The number of carbonyl (C=O) groups is 1. The van der Waals surface area contributed by atoms with Crippen LogP contribution in [-0.2, 0) is 11.2 Å². The summed E-state index contributed by atoms with van der Waals surface area (Å²) in [4.78, 5) is 26.4. The molecule has 2 fully saturated rings. The standard InChI is InChI=1S/C17H22N4O2S/c22-16(13-3-1-4-13)20-8-6-12(7-9-20)11-14-18-19-17(23)21(14)15-5-2-10-24-15/h2,5,10,12-13H,1,3-4,6-9,11H2,(H,19,23). The van der Waals surface area contributed by atoms with Crippen molar-refractivity contribution in [1.82, 2.24) is 19.7 Å². The Morgan fingerprint density at radius 1 is 1.29 bits per heavy atom. The van der Waals surface area contributed by atoms with Crippen molar-refractivity contribution in [3.8, 4) is 5.00 Å². The van der Waals surface area contributed by atoms with Crippen LogP contribution in [0.1, 0.15) is 37.9 Å². The van der Waals surface area contributed by atoms with Crippen LogP contribution in [0, 0.1) is 11.8 Å². The van der Waals surface area contributed by atoms with Gasteiger partial charge in [-0.25, -0.2) is 14.5 Å². The van der Waals surface area contributed by atoms with Crippen molar-refractivity contribution in [2.75, 3.05) is 13.1 Å². The van der Waals surface area contributed by atoms with E-state index in [9.17, 15) is 9.59 Å². The third-order valence-corrected chi connectivity index (χ3v) is 6.17. The van der Waals surface area contributed by atoms with E-state index in [0.717, 1.165) is 56.0 Å². The van der Waals surface area contributed by atoms with E-state index in [1.807, 2.05) is 22.4 Å². The third-order valence-electron chi connectivity index (χ3n) is 5.32. The van der Waals surface area contributed by atoms with E-state index in [1.165, 1.54) is 17.8 Å². The fourth-order valence-electron chi connectivity index (χ4n) is 3.62. The maximum Gasteiger partial charge on any atom is 0.348 e. The molecule has 1 saturated carbocycles. The van der Waals surface area contributed by atoms with E-state index in [2.05, 4.69) is 10.2 Å². The van der Waals surface area contributed by atoms with E-state index in [1.54, 1.807) is 4.57 Å². The molecule has 0 radical (unpaired) electrons. The smallest absolute Gasteiger partial charge is 0.342 e. The molecule has 0 aromatic carbocycles. The normalized spacial score (nSPS) is 19.4. The van der Waals surface area contributed by atoms with Crippen LogP contribution < -0.4 is 5.69 Å². The van der Waals surface area contributed by atoms with Crippen LogP contribution in [0.25, 0.3) is 5.00 Å². The van der Waals surface area contributed by atoms with Gasteiger partial charge in [0.25, 0.3) is 0 Å². The van der Waals surface area contributed by atoms with Crippen LogP contribution in [0.2, 0.25) is 0 Å². The number of carbonyl (C=O) groups excluding carboxylic acids is 1. The van der Waals surface area contributed by atoms with Crippen molar-refractivity contribution < 1.29 is 4.79 Å². The monoisotopic (exact) mass is 346 g/mol. The molecule has 1 aliphatic heterocycles. The summed E-state index contributed by atoms with van der Waals surface area (Å²) in [5, 5.41) is 9.66. The second-order valence-electron chi connectivity index (χ2n) is 6.83. The van der Waals surface area contributed by atoms with Crippen molar-refractivity contribution in [3.05, 3.63) is 33.8 Å². The Labute approximate surface area is 144 Å². The molecule has 6 nitrogen and oxygen atoms in total. The molecule has 1 amide bonds. The van der Waals surface area contributed by atoms with Gasteiger partial charge in [0, 0.05) is 25.4 Å². The van der Waals surface area contributed by atoms with Crippen molar-refractivity contribution in [2.45, 2.75) is 38.5 Å². The van der Waals surface area contributed by atoms with Crippen LogP contribution in [0.5, 0.6) is 0 Å². The van der Waals surface area contributed by atoms with Crippen LogP contribution in [0.4, 0.5) is 0 Å². The van der Waals surface area contributed by atoms with E-state index in [0.29, 0.717) is 11.8 Å². The quantitative estimate of drug-likeness (QED) is 0.922. The number of thiophene rings is 1. The number of hydrogen-bond donors (Lipinski definition) is 1. The summed E-state index contributed by atoms with van der Waals surface area (Å²) in [7, 11) is 0. The first-order valence-electron chi connectivity index (χ1n) is 8.71.